The minimum absolute atomic E-state index is 0. The fraction of sp³-hybridized carbons (Fsp3) is 0. The van der Waals surface area contributed by atoms with Crippen LogP contribution in [0.2, 0.25) is 0 Å². The summed E-state index contributed by atoms with van der Waals surface area (Å²) in [7, 11) is -11.0. The van der Waals surface area contributed by atoms with Gasteiger partial charge in [-0.2, -0.15) is 8.42 Å². The summed E-state index contributed by atoms with van der Waals surface area (Å²) in [5, 5.41) is 17.3. The molecule has 0 heterocycles. The van der Waals surface area contributed by atoms with Gasteiger partial charge < -0.3 is 14.8 Å². The van der Waals surface area contributed by atoms with Gasteiger partial charge in [0.1, 0.15) is 11.3 Å². The fourth-order valence-corrected chi connectivity index (χ4v) is 0.654. The summed E-state index contributed by atoms with van der Waals surface area (Å²) in [6.07, 6.45) is 0. The molecule has 12 heteroatoms. The van der Waals surface area contributed by atoms with Crippen LogP contribution in [0.1, 0.15) is 10.4 Å². The topological polar surface area (TPSA) is 169 Å². The Morgan fingerprint density at radius 1 is 1.11 bits per heavy atom. The average Bonchev–Trinajstić information content (AvgIpc) is 2.15. The number of carboxylic acid groups (broad SMARTS) is 1. The first-order chi connectivity index (χ1) is 7.97. The Kier molecular flexibility index (Phi) is 7.97. The molecule has 0 saturated carbocycles. The second-order valence-corrected chi connectivity index (χ2v) is 6.82. The molecular formula is C7H7LiO9S2. The number of hydrogen-bond donors (Lipinski definition) is 3. The van der Waals surface area contributed by atoms with Crippen molar-refractivity contribution in [2.45, 2.75) is 0 Å². The van der Waals surface area contributed by atoms with Crippen molar-refractivity contribution in [3.63, 3.8) is 0 Å². The third-order valence-electron chi connectivity index (χ3n) is 1.39. The number of phenols is 1. The summed E-state index contributed by atoms with van der Waals surface area (Å²) < 4.78 is 53.8. The second kappa shape index (κ2) is 7.49. The Morgan fingerprint density at radius 2 is 1.47 bits per heavy atom. The van der Waals surface area contributed by atoms with Crippen LogP contribution in [0.15, 0.2) is 24.3 Å². The molecule has 19 heavy (non-hydrogen) atoms. The zero-order valence-electron chi connectivity index (χ0n) is 9.42. The van der Waals surface area contributed by atoms with Gasteiger partial charge in [0.2, 0.25) is 9.15 Å². The van der Waals surface area contributed by atoms with Crippen molar-refractivity contribution in [3.05, 3.63) is 29.8 Å². The monoisotopic (exact) mass is 306 g/mol. The van der Waals surface area contributed by atoms with Gasteiger partial charge in [0.25, 0.3) is 0 Å². The van der Waals surface area contributed by atoms with Crippen LogP contribution in [-0.2, 0) is 18.3 Å². The van der Waals surface area contributed by atoms with Crippen LogP contribution < -0.4 is 18.9 Å². The van der Waals surface area contributed by atoms with E-state index in [1.807, 2.05) is 0 Å². The van der Waals surface area contributed by atoms with Crippen molar-refractivity contribution in [1.29, 1.82) is 0 Å². The van der Waals surface area contributed by atoms with Crippen LogP contribution in [0, 0.1) is 0 Å². The summed E-state index contributed by atoms with van der Waals surface area (Å²) in [6, 6.07) is 5.81. The molecule has 0 aliphatic rings. The van der Waals surface area contributed by atoms with Gasteiger partial charge >= 0.3 is 34.0 Å². The molecule has 3 N–H and O–H groups in total. The van der Waals surface area contributed by atoms with Crippen LogP contribution in [-0.4, -0.2) is 42.1 Å². The number of rotatable bonds is 2. The number of benzene rings is 1. The van der Waals surface area contributed by atoms with Gasteiger partial charge in [0.05, 0.1) is 0 Å². The van der Waals surface area contributed by atoms with E-state index in [9.17, 15) is 26.2 Å². The summed E-state index contributed by atoms with van der Waals surface area (Å²) >= 11 is 0. The Hall–Kier alpha value is -1.09. The first-order valence-electron chi connectivity index (χ1n) is 3.91. The largest absolute Gasteiger partial charge is 1.00 e. The predicted octanol–water partition coefficient (Wildman–Crippen LogP) is -3.57. The smallest absolute Gasteiger partial charge is 0.734 e. The quantitative estimate of drug-likeness (QED) is 0.284. The summed E-state index contributed by atoms with van der Waals surface area (Å²) in [5.74, 6) is -1.31. The molecule has 0 bridgehead atoms. The van der Waals surface area contributed by atoms with E-state index >= 15 is 0 Å². The molecule has 1 aromatic rings. The molecule has 102 valence electrons. The maximum Gasteiger partial charge on any atom is 1.00 e. The Labute approximate surface area is 120 Å². The predicted molar refractivity (Wildman–Crippen MR) is 56.3 cm³/mol. The number of aromatic hydroxyl groups is 1. The molecule has 1 rings (SSSR count). The standard InChI is InChI=1S/C7H6O3.Li.H2O6S2/c8-6-4-2-1-3-5(6)7(9)10;;1-7(2,3)8(4,5)6/h1-4,8H,(H,9,10);;(H,1,2,3)(H,4,5,6)/q;+1;/p-1. The number of aromatic carboxylic acids is 1. The molecule has 0 aromatic heterocycles. The molecule has 0 aliphatic carbocycles. The number of carbonyl (C=O) groups is 1. The van der Waals surface area contributed by atoms with Gasteiger partial charge in [-0.15, -0.1) is 0 Å². The van der Waals surface area contributed by atoms with E-state index in [1.165, 1.54) is 12.1 Å². The molecule has 0 aliphatic heterocycles. The summed E-state index contributed by atoms with van der Waals surface area (Å²) in [4.78, 5) is 10.3. The van der Waals surface area contributed by atoms with Crippen molar-refractivity contribution in [3.8, 4) is 5.75 Å². The van der Waals surface area contributed by atoms with Crippen molar-refractivity contribution in [2.75, 3.05) is 0 Å². The minimum Gasteiger partial charge on any atom is -0.734 e. The molecule has 0 amide bonds. The molecule has 9 nitrogen and oxygen atoms in total. The Morgan fingerprint density at radius 3 is 1.68 bits per heavy atom. The van der Waals surface area contributed by atoms with Crippen molar-refractivity contribution < 1.29 is 59.8 Å². The van der Waals surface area contributed by atoms with Gasteiger partial charge in [-0.05, 0) is 12.1 Å². The van der Waals surface area contributed by atoms with Gasteiger partial charge in [-0.25, -0.2) is 13.2 Å². The molecule has 0 unspecified atom stereocenters. The minimum atomic E-state index is -5.56. The molecule has 0 fully saturated rings. The maximum atomic E-state index is 10.3. The third-order valence-corrected chi connectivity index (χ3v) is 3.46. The number of hydrogen-bond acceptors (Lipinski definition) is 7. The van der Waals surface area contributed by atoms with Crippen LogP contribution >= 0.6 is 0 Å². The van der Waals surface area contributed by atoms with E-state index in [2.05, 4.69) is 0 Å². The van der Waals surface area contributed by atoms with Crippen LogP contribution in [0.5, 0.6) is 5.75 Å². The number of carboxylic acids is 1. The fourth-order valence-electron chi connectivity index (χ4n) is 0.654. The van der Waals surface area contributed by atoms with Gasteiger partial charge in [-0.3, -0.25) is 4.55 Å². The third kappa shape index (κ3) is 7.16. The van der Waals surface area contributed by atoms with E-state index in [-0.39, 0.29) is 30.2 Å². The van der Waals surface area contributed by atoms with E-state index < -0.39 is 24.3 Å². The van der Waals surface area contributed by atoms with Gasteiger partial charge in [-0.1, -0.05) is 12.1 Å². The second-order valence-electron chi connectivity index (χ2n) is 2.66. The van der Waals surface area contributed by atoms with E-state index in [0.29, 0.717) is 0 Å². The van der Waals surface area contributed by atoms with Crippen LogP contribution in [0.3, 0.4) is 0 Å². The number of para-hydroxylation sites is 1. The Bertz CT molecular complexity index is 604. The van der Waals surface area contributed by atoms with Gasteiger partial charge in [0.15, 0.2) is 0 Å². The molecule has 0 atom stereocenters. The Balaban J connectivity index is 0. The van der Waals surface area contributed by atoms with Crippen molar-refractivity contribution in [1.82, 2.24) is 0 Å². The SMILES string of the molecule is O=C(O)c1ccccc1O.O=S(=O)([O-])S(=O)(=O)O.[Li+]. The van der Waals surface area contributed by atoms with Crippen molar-refractivity contribution in [2.24, 2.45) is 0 Å². The summed E-state index contributed by atoms with van der Waals surface area (Å²) in [5.41, 5.74) is -0.0671. The average molecular weight is 306 g/mol. The van der Waals surface area contributed by atoms with Crippen LogP contribution in [0.4, 0.5) is 0 Å². The molecule has 1 aromatic carbocycles. The zero-order valence-corrected chi connectivity index (χ0v) is 11.1. The van der Waals surface area contributed by atoms with Crippen LogP contribution in [0.25, 0.3) is 0 Å². The molecule has 0 spiro atoms. The first kappa shape index (κ1) is 20.2. The normalized spacial score (nSPS) is 10.6. The molecule has 0 radical (unpaired) electrons. The first-order valence-corrected chi connectivity index (χ1v) is 7.28. The van der Waals surface area contributed by atoms with Crippen molar-refractivity contribution >= 4 is 24.3 Å². The molecular weight excluding hydrogens is 299 g/mol. The van der Waals surface area contributed by atoms with E-state index in [1.54, 1.807) is 12.1 Å². The van der Waals surface area contributed by atoms with Gasteiger partial charge in [0, 0.05) is 0 Å². The molecule has 0 saturated heterocycles. The zero-order chi connectivity index (χ0) is 14.6. The van der Waals surface area contributed by atoms with E-state index in [0.717, 1.165) is 0 Å². The van der Waals surface area contributed by atoms with E-state index in [4.69, 9.17) is 14.8 Å². The maximum absolute atomic E-state index is 10.3. The summed E-state index contributed by atoms with van der Waals surface area (Å²) in [6.45, 7) is 0.